The minimum atomic E-state index is -0.514. The predicted molar refractivity (Wildman–Crippen MR) is 34.8 cm³/mol. The largest absolute Gasteiger partial charge is 0.508 e. The Labute approximate surface area is 78.5 Å². The predicted octanol–water partition coefficient (Wildman–Crippen LogP) is 1.30. The molecule has 0 heterocycles. The van der Waals surface area contributed by atoms with Gasteiger partial charge in [-0.05, 0) is 12.1 Å². The van der Waals surface area contributed by atoms with Crippen molar-refractivity contribution in [2.75, 3.05) is 0 Å². The van der Waals surface area contributed by atoms with Gasteiger partial charge in [0.15, 0.2) is 0 Å². The van der Waals surface area contributed by atoms with Crippen LogP contribution in [0.15, 0.2) is 24.3 Å². The molecule has 5 heteroatoms. The molecule has 11 heavy (non-hydrogen) atoms. The van der Waals surface area contributed by atoms with Crippen LogP contribution < -0.4 is 0 Å². The Morgan fingerprint density at radius 2 is 1.73 bits per heavy atom. The molecular formula is C6H5AgNO3. The number of non-ortho nitro benzene ring substituents is 1. The Kier molecular flexibility index (Phi) is 3.81. The van der Waals surface area contributed by atoms with Crippen molar-refractivity contribution in [2.45, 2.75) is 0 Å². The van der Waals surface area contributed by atoms with Crippen LogP contribution in [0.3, 0.4) is 0 Å². The standard InChI is InChI=1S/C6H5NO3.Ag/c8-6-3-1-5(2-4-6)7(9)10;/h1-4,8H;. The minimum Gasteiger partial charge on any atom is -0.508 e. The van der Waals surface area contributed by atoms with Gasteiger partial charge in [0.25, 0.3) is 5.69 Å². The van der Waals surface area contributed by atoms with Gasteiger partial charge in [-0.1, -0.05) is 0 Å². The fraction of sp³-hybridized carbons (Fsp3) is 0. The van der Waals surface area contributed by atoms with E-state index >= 15 is 0 Å². The second kappa shape index (κ2) is 4.13. The van der Waals surface area contributed by atoms with Gasteiger partial charge in [0.05, 0.1) is 4.92 Å². The first-order valence-corrected chi connectivity index (χ1v) is 2.63. The second-order valence-corrected chi connectivity index (χ2v) is 1.77. The van der Waals surface area contributed by atoms with Gasteiger partial charge in [-0.3, -0.25) is 10.1 Å². The van der Waals surface area contributed by atoms with Gasteiger partial charge in [-0.2, -0.15) is 0 Å². The van der Waals surface area contributed by atoms with Crippen molar-refractivity contribution in [3.05, 3.63) is 34.4 Å². The first kappa shape index (κ1) is 10.2. The topological polar surface area (TPSA) is 63.4 Å². The van der Waals surface area contributed by atoms with Gasteiger partial charge in [0.1, 0.15) is 5.75 Å². The summed E-state index contributed by atoms with van der Waals surface area (Å²) in [5.74, 6) is 0.0330. The van der Waals surface area contributed by atoms with Crippen molar-refractivity contribution in [3.8, 4) is 5.75 Å². The van der Waals surface area contributed by atoms with Gasteiger partial charge >= 0.3 is 0 Å². The van der Waals surface area contributed by atoms with Gasteiger partial charge in [0, 0.05) is 34.5 Å². The third-order valence-corrected chi connectivity index (χ3v) is 1.06. The molecule has 0 saturated carbocycles. The third kappa shape index (κ3) is 2.71. The summed E-state index contributed by atoms with van der Waals surface area (Å²) in [5.41, 5.74) is -0.0159. The molecule has 1 rings (SSSR count). The molecule has 4 nitrogen and oxygen atoms in total. The molecule has 0 aliphatic heterocycles. The monoisotopic (exact) mass is 246 g/mol. The van der Waals surface area contributed by atoms with Crippen LogP contribution in [0.1, 0.15) is 0 Å². The molecule has 0 atom stereocenters. The maximum atomic E-state index is 10.0. The number of hydrogen-bond acceptors (Lipinski definition) is 3. The molecule has 0 unspecified atom stereocenters. The number of phenols is 1. The van der Waals surface area contributed by atoms with E-state index in [1.54, 1.807) is 0 Å². The summed E-state index contributed by atoms with van der Waals surface area (Å²) < 4.78 is 0. The smallest absolute Gasteiger partial charge is 0.269 e. The SMILES string of the molecule is O=[N+]([O-])c1ccc(O)cc1.[Ag]. The molecule has 1 aromatic carbocycles. The van der Waals surface area contributed by atoms with Crippen molar-refractivity contribution in [2.24, 2.45) is 0 Å². The molecule has 1 radical (unpaired) electrons. The molecule has 1 aromatic rings. The molecule has 0 aromatic heterocycles. The van der Waals surface area contributed by atoms with Gasteiger partial charge in [-0.25, -0.2) is 0 Å². The Bertz CT molecular complexity index is 247. The maximum absolute atomic E-state index is 10.0. The summed E-state index contributed by atoms with van der Waals surface area (Å²) in [6.45, 7) is 0. The fourth-order valence-corrected chi connectivity index (χ4v) is 0.574. The number of nitro groups is 1. The van der Waals surface area contributed by atoms with Crippen molar-refractivity contribution in [1.29, 1.82) is 0 Å². The molecule has 0 fully saturated rings. The van der Waals surface area contributed by atoms with Crippen molar-refractivity contribution >= 4 is 5.69 Å². The van der Waals surface area contributed by atoms with Crippen LogP contribution in [0, 0.1) is 10.1 Å². The Hall–Kier alpha value is -0.840. The zero-order valence-electron chi connectivity index (χ0n) is 5.32. The number of nitro benzene ring substituents is 1. The van der Waals surface area contributed by atoms with E-state index in [0.717, 1.165) is 0 Å². The molecule has 0 aliphatic rings. The molecule has 63 valence electrons. The van der Waals surface area contributed by atoms with Crippen LogP contribution in [0.4, 0.5) is 5.69 Å². The van der Waals surface area contributed by atoms with Crippen LogP contribution in [0.2, 0.25) is 0 Å². The van der Waals surface area contributed by atoms with Crippen LogP contribution in [0.5, 0.6) is 5.75 Å². The van der Waals surface area contributed by atoms with Crippen molar-refractivity contribution in [3.63, 3.8) is 0 Å². The molecule has 0 bridgehead atoms. The van der Waals surface area contributed by atoms with E-state index in [4.69, 9.17) is 5.11 Å². The first-order valence-electron chi connectivity index (χ1n) is 2.63. The Morgan fingerprint density at radius 1 is 1.27 bits per heavy atom. The number of hydrogen-bond donors (Lipinski definition) is 1. The molecular weight excluding hydrogens is 242 g/mol. The van der Waals surface area contributed by atoms with Gasteiger partial charge < -0.3 is 5.11 Å². The van der Waals surface area contributed by atoms with Gasteiger partial charge in [-0.15, -0.1) is 0 Å². The fourth-order valence-electron chi connectivity index (χ4n) is 0.574. The van der Waals surface area contributed by atoms with E-state index in [2.05, 4.69) is 0 Å². The zero-order chi connectivity index (χ0) is 7.56. The summed E-state index contributed by atoms with van der Waals surface area (Å²) in [6, 6.07) is 5.04. The van der Waals surface area contributed by atoms with Crippen LogP contribution in [-0.4, -0.2) is 10.0 Å². The number of aromatic hydroxyl groups is 1. The summed E-state index contributed by atoms with van der Waals surface area (Å²) >= 11 is 0. The zero-order valence-corrected chi connectivity index (χ0v) is 6.80. The van der Waals surface area contributed by atoms with E-state index in [1.807, 2.05) is 0 Å². The van der Waals surface area contributed by atoms with E-state index in [1.165, 1.54) is 24.3 Å². The van der Waals surface area contributed by atoms with E-state index < -0.39 is 4.92 Å². The van der Waals surface area contributed by atoms with Crippen LogP contribution in [0.25, 0.3) is 0 Å². The first-order chi connectivity index (χ1) is 4.70. The third-order valence-electron chi connectivity index (χ3n) is 1.06. The van der Waals surface area contributed by atoms with Crippen LogP contribution >= 0.6 is 0 Å². The Balaban J connectivity index is 0.000001000. The van der Waals surface area contributed by atoms with Gasteiger partial charge in [0.2, 0.25) is 0 Å². The second-order valence-electron chi connectivity index (χ2n) is 1.77. The van der Waals surface area contributed by atoms with Crippen molar-refractivity contribution in [1.82, 2.24) is 0 Å². The molecule has 0 spiro atoms. The maximum Gasteiger partial charge on any atom is 0.269 e. The normalized spacial score (nSPS) is 8.36. The van der Waals surface area contributed by atoms with E-state index in [9.17, 15) is 10.1 Å². The molecule has 0 aliphatic carbocycles. The quantitative estimate of drug-likeness (QED) is 0.462. The molecule has 1 N–H and O–H groups in total. The van der Waals surface area contributed by atoms with Crippen LogP contribution in [-0.2, 0) is 22.4 Å². The number of phenolic OH excluding ortho intramolecular Hbond substituents is 1. The number of nitrogens with zero attached hydrogens (tertiary/aromatic N) is 1. The summed E-state index contributed by atoms with van der Waals surface area (Å²) in [5, 5.41) is 18.8. The van der Waals surface area contributed by atoms with E-state index in [0.29, 0.717) is 0 Å². The molecule has 0 saturated heterocycles. The molecule has 0 amide bonds. The summed E-state index contributed by atoms with van der Waals surface area (Å²) in [6.07, 6.45) is 0. The number of rotatable bonds is 1. The average molecular weight is 247 g/mol. The number of benzene rings is 1. The summed E-state index contributed by atoms with van der Waals surface area (Å²) in [7, 11) is 0. The van der Waals surface area contributed by atoms with E-state index in [-0.39, 0.29) is 33.8 Å². The Morgan fingerprint density at radius 3 is 2.09 bits per heavy atom. The summed E-state index contributed by atoms with van der Waals surface area (Å²) in [4.78, 5) is 9.52. The average Bonchev–Trinajstić information content (AvgIpc) is 1.88. The minimum absolute atomic E-state index is 0. The van der Waals surface area contributed by atoms with Crippen molar-refractivity contribution < 1.29 is 32.4 Å².